The molecule has 0 unspecified atom stereocenters. The SMILES string of the molecule is O=C(CN(C1CC1)S(=O)(=O)c1ccc(Br)cc1)N(Cc1ccccc1)Cc1ccco1. The van der Waals surface area contributed by atoms with Gasteiger partial charge in [0.15, 0.2) is 0 Å². The quantitative estimate of drug-likeness (QED) is 0.434. The molecule has 8 heteroatoms. The van der Waals surface area contributed by atoms with Crippen LogP contribution < -0.4 is 0 Å². The molecule has 6 nitrogen and oxygen atoms in total. The normalized spacial score (nSPS) is 14.0. The first-order valence-corrected chi connectivity index (χ1v) is 12.3. The van der Waals surface area contributed by atoms with Crippen LogP contribution in [-0.2, 0) is 27.9 Å². The number of carbonyl (C=O) groups excluding carboxylic acids is 1. The summed E-state index contributed by atoms with van der Waals surface area (Å²) in [6, 6.07) is 19.6. The second kappa shape index (κ2) is 9.38. The summed E-state index contributed by atoms with van der Waals surface area (Å²) in [5.74, 6) is 0.394. The molecule has 1 fully saturated rings. The van der Waals surface area contributed by atoms with E-state index in [1.54, 1.807) is 41.5 Å². The maximum Gasteiger partial charge on any atom is 0.243 e. The third-order valence-electron chi connectivity index (χ3n) is 5.16. The molecule has 0 bridgehead atoms. The number of hydrogen-bond donors (Lipinski definition) is 0. The number of nitrogens with zero attached hydrogens (tertiary/aromatic N) is 2. The number of furan rings is 1. The first kappa shape index (κ1) is 21.8. The predicted octanol–water partition coefficient (Wildman–Crippen LogP) is 4.42. The molecule has 1 amide bonds. The summed E-state index contributed by atoms with van der Waals surface area (Å²) in [6.07, 6.45) is 3.09. The van der Waals surface area contributed by atoms with Crippen molar-refractivity contribution in [1.29, 1.82) is 0 Å². The van der Waals surface area contributed by atoms with Gasteiger partial charge in [-0.25, -0.2) is 8.42 Å². The van der Waals surface area contributed by atoms with Gasteiger partial charge in [0.1, 0.15) is 5.76 Å². The van der Waals surface area contributed by atoms with Gasteiger partial charge in [0.25, 0.3) is 0 Å². The van der Waals surface area contributed by atoms with E-state index in [0.717, 1.165) is 22.9 Å². The van der Waals surface area contributed by atoms with Gasteiger partial charge in [-0.15, -0.1) is 0 Å². The summed E-state index contributed by atoms with van der Waals surface area (Å²) in [6.45, 7) is 0.450. The van der Waals surface area contributed by atoms with E-state index in [4.69, 9.17) is 4.42 Å². The average molecular weight is 503 g/mol. The minimum atomic E-state index is -3.78. The average Bonchev–Trinajstić information content (AvgIpc) is 3.47. The van der Waals surface area contributed by atoms with Gasteiger partial charge in [-0.05, 0) is 54.8 Å². The highest BCUT2D eigenvalue weighted by atomic mass is 79.9. The third kappa shape index (κ3) is 5.44. The van der Waals surface area contributed by atoms with Crippen LogP contribution >= 0.6 is 15.9 Å². The van der Waals surface area contributed by atoms with Gasteiger partial charge in [-0.3, -0.25) is 4.79 Å². The molecule has 1 aliphatic rings. The Morgan fingerprint density at radius 3 is 2.29 bits per heavy atom. The molecule has 1 saturated carbocycles. The summed E-state index contributed by atoms with van der Waals surface area (Å²) < 4.78 is 34.1. The van der Waals surface area contributed by atoms with E-state index in [-0.39, 0.29) is 29.9 Å². The fourth-order valence-electron chi connectivity index (χ4n) is 3.37. The standard InChI is InChI=1S/C23H23BrN2O4S/c24-19-8-12-22(13-9-19)31(28,29)26(20-10-11-20)17-23(27)25(16-21-7-4-14-30-21)15-18-5-2-1-3-6-18/h1-9,12-14,20H,10-11,15-17H2. The number of halogens is 1. The predicted molar refractivity (Wildman–Crippen MR) is 120 cm³/mol. The van der Waals surface area contributed by atoms with E-state index in [9.17, 15) is 13.2 Å². The fraction of sp³-hybridized carbons (Fsp3) is 0.261. The van der Waals surface area contributed by atoms with Gasteiger partial charge in [0.05, 0.1) is 24.2 Å². The van der Waals surface area contributed by atoms with Gasteiger partial charge in [-0.1, -0.05) is 46.3 Å². The summed E-state index contributed by atoms with van der Waals surface area (Å²) in [5, 5.41) is 0. The lowest BCUT2D eigenvalue weighted by atomic mass is 10.2. The highest BCUT2D eigenvalue weighted by molar-refractivity contribution is 9.10. The van der Waals surface area contributed by atoms with Crippen LogP contribution in [0.1, 0.15) is 24.2 Å². The third-order valence-corrected chi connectivity index (χ3v) is 7.60. The van der Waals surface area contributed by atoms with E-state index in [0.29, 0.717) is 12.3 Å². The summed E-state index contributed by atoms with van der Waals surface area (Å²) >= 11 is 3.33. The molecular weight excluding hydrogens is 480 g/mol. The molecule has 0 N–H and O–H groups in total. The van der Waals surface area contributed by atoms with E-state index in [2.05, 4.69) is 15.9 Å². The van der Waals surface area contributed by atoms with E-state index in [1.165, 1.54) is 4.31 Å². The molecule has 3 aromatic rings. The topological polar surface area (TPSA) is 70.8 Å². The Hall–Kier alpha value is -2.42. The Balaban J connectivity index is 1.57. The molecule has 1 aliphatic carbocycles. The molecule has 1 aromatic heterocycles. The zero-order valence-electron chi connectivity index (χ0n) is 16.9. The van der Waals surface area contributed by atoms with Crippen LogP contribution in [-0.4, -0.2) is 36.1 Å². The second-order valence-corrected chi connectivity index (χ2v) is 10.4. The van der Waals surface area contributed by atoms with Gasteiger partial charge in [0.2, 0.25) is 15.9 Å². The maximum absolute atomic E-state index is 13.3. The molecule has 2 aromatic carbocycles. The zero-order valence-corrected chi connectivity index (χ0v) is 19.3. The highest BCUT2D eigenvalue weighted by Gasteiger charge is 2.40. The van der Waals surface area contributed by atoms with Crippen LogP contribution in [0.4, 0.5) is 0 Å². The van der Waals surface area contributed by atoms with Gasteiger partial charge in [0, 0.05) is 17.1 Å². The first-order chi connectivity index (χ1) is 14.9. The molecule has 4 rings (SSSR count). The Labute approximate surface area is 190 Å². The Morgan fingerprint density at radius 1 is 0.968 bits per heavy atom. The maximum atomic E-state index is 13.3. The molecule has 31 heavy (non-hydrogen) atoms. The van der Waals surface area contributed by atoms with Crippen LogP contribution in [0.5, 0.6) is 0 Å². The number of benzene rings is 2. The highest BCUT2D eigenvalue weighted by Crippen LogP contribution is 2.32. The van der Waals surface area contributed by atoms with Crippen LogP contribution in [0.3, 0.4) is 0 Å². The number of rotatable bonds is 9. The van der Waals surface area contributed by atoms with E-state index >= 15 is 0 Å². The summed E-state index contributed by atoms with van der Waals surface area (Å²) in [5.41, 5.74) is 0.969. The van der Waals surface area contributed by atoms with E-state index < -0.39 is 10.0 Å². The van der Waals surface area contributed by atoms with Crippen LogP contribution in [0.15, 0.2) is 86.8 Å². The molecule has 0 aliphatic heterocycles. The van der Waals surface area contributed by atoms with Crippen molar-refractivity contribution in [2.45, 2.75) is 36.9 Å². The van der Waals surface area contributed by atoms with Gasteiger partial charge >= 0.3 is 0 Å². The summed E-state index contributed by atoms with van der Waals surface area (Å²) in [7, 11) is -3.78. The fourth-order valence-corrected chi connectivity index (χ4v) is 5.27. The van der Waals surface area contributed by atoms with Gasteiger partial charge in [-0.2, -0.15) is 4.31 Å². The molecule has 0 spiro atoms. The Bertz CT molecular complexity index is 1110. The van der Waals surface area contributed by atoms with Crippen molar-refractivity contribution in [2.24, 2.45) is 0 Å². The van der Waals surface area contributed by atoms with Crippen molar-refractivity contribution in [1.82, 2.24) is 9.21 Å². The van der Waals surface area contributed by atoms with E-state index in [1.807, 2.05) is 36.4 Å². The molecule has 0 radical (unpaired) electrons. The van der Waals surface area contributed by atoms with Crippen molar-refractivity contribution < 1.29 is 17.6 Å². The van der Waals surface area contributed by atoms with Crippen molar-refractivity contribution in [3.05, 3.63) is 88.8 Å². The summed E-state index contributed by atoms with van der Waals surface area (Å²) in [4.78, 5) is 15.1. The smallest absolute Gasteiger partial charge is 0.243 e. The molecule has 0 saturated heterocycles. The number of carbonyl (C=O) groups is 1. The molecular formula is C23H23BrN2O4S. The monoisotopic (exact) mass is 502 g/mol. The van der Waals surface area contributed by atoms with Crippen molar-refractivity contribution in [2.75, 3.05) is 6.54 Å². The molecule has 162 valence electrons. The van der Waals surface area contributed by atoms with Gasteiger partial charge < -0.3 is 9.32 Å². The lowest BCUT2D eigenvalue weighted by Crippen LogP contribution is -2.43. The van der Waals surface area contributed by atoms with Crippen molar-refractivity contribution in [3.63, 3.8) is 0 Å². The first-order valence-electron chi connectivity index (χ1n) is 10.0. The Morgan fingerprint density at radius 2 is 1.68 bits per heavy atom. The second-order valence-electron chi connectivity index (χ2n) is 7.55. The Kier molecular flexibility index (Phi) is 6.60. The number of amides is 1. The van der Waals surface area contributed by atoms with Crippen LogP contribution in [0, 0.1) is 0 Å². The van der Waals surface area contributed by atoms with Crippen molar-refractivity contribution >= 4 is 31.9 Å². The molecule has 1 heterocycles. The van der Waals surface area contributed by atoms with Crippen LogP contribution in [0.2, 0.25) is 0 Å². The van der Waals surface area contributed by atoms with Crippen LogP contribution in [0.25, 0.3) is 0 Å². The largest absolute Gasteiger partial charge is 0.467 e. The minimum Gasteiger partial charge on any atom is -0.467 e. The lowest BCUT2D eigenvalue weighted by molar-refractivity contribution is -0.133. The number of hydrogen-bond acceptors (Lipinski definition) is 4. The molecule has 0 atom stereocenters. The van der Waals surface area contributed by atoms with Crippen molar-refractivity contribution in [3.8, 4) is 0 Å². The minimum absolute atomic E-state index is 0.139. The lowest BCUT2D eigenvalue weighted by Gasteiger charge is -2.27. The number of sulfonamides is 1. The zero-order chi connectivity index (χ0) is 21.8.